The van der Waals surface area contributed by atoms with Crippen LogP contribution < -0.4 is 11.1 Å². The molecular formula is C13H24N4O. The molecule has 3 atom stereocenters. The Morgan fingerprint density at radius 1 is 1.50 bits per heavy atom. The lowest BCUT2D eigenvalue weighted by Crippen LogP contribution is -2.47. The number of rotatable bonds is 8. The fourth-order valence-corrected chi connectivity index (χ4v) is 1.92. The molecule has 0 aliphatic carbocycles. The standard InChI is InChI=1S/C13H24N4O/c1-4-5-7-12(13(14)18)16-10(2)11(3)17-9-6-8-15-17/h6,8-12,16H,4-5,7H2,1-3H3,(H2,14,18). The zero-order valence-electron chi connectivity index (χ0n) is 11.5. The molecular weight excluding hydrogens is 228 g/mol. The zero-order chi connectivity index (χ0) is 13.5. The van der Waals surface area contributed by atoms with Crippen LogP contribution in [0, 0.1) is 0 Å². The monoisotopic (exact) mass is 252 g/mol. The van der Waals surface area contributed by atoms with Crippen LogP contribution in [-0.2, 0) is 4.79 Å². The molecule has 0 aromatic carbocycles. The number of nitrogens with two attached hydrogens (primary N) is 1. The summed E-state index contributed by atoms with van der Waals surface area (Å²) in [6, 6.07) is 1.96. The first-order valence-corrected chi connectivity index (χ1v) is 6.60. The number of carbonyl (C=O) groups is 1. The SMILES string of the molecule is CCCCC(NC(C)C(C)n1cccn1)C(N)=O. The quantitative estimate of drug-likeness (QED) is 0.735. The average molecular weight is 252 g/mol. The van der Waals surface area contributed by atoms with Crippen molar-refractivity contribution in [3.8, 4) is 0 Å². The summed E-state index contributed by atoms with van der Waals surface area (Å²) in [4.78, 5) is 11.4. The van der Waals surface area contributed by atoms with Gasteiger partial charge in [-0.1, -0.05) is 19.8 Å². The highest BCUT2D eigenvalue weighted by atomic mass is 16.1. The van der Waals surface area contributed by atoms with E-state index >= 15 is 0 Å². The summed E-state index contributed by atoms with van der Waals surface area (Å²) in [5, 5.41) is 7.52. The van der Waals surface area contributed by atoms with E-state index in [4.69, 9.17) is 5.73 Å². The maximum atomic E-state index is 11.4. The Morgan fingerprint density at radius 3 is 2.72 bits per heavy atom. The van der Waals surface area contributed by atoms with Gasteiger partial charge in [0.25, 0.3) is 0 Å². The van der Waals surface area contributed by atoms with Crippen LogP contribution in [0.2, 0.25) is 0 Å². The van der Waals surface area contributed by atoms with Crippen molar-refractivity contribution in [2.75, 3.05) is 0 Å². The number of amides is 1. The van der Waals surface area contributed by atoms with Gasteiger partial charge < -0.3 is 11.1 Å². The number of unbranched alkanes of at least 4 members (excludes halogenated alkanes) is 1. The van der Waals surface area contributed by atoms with Crippen LogP contribution in [0.25, 0.3) is 0 Å². The van der Waals surface area contributed by atoms with E-state index in [2.05, 4.69) is 24.3 Å². The molecule has 1 rings (SSSR count). The predicted molar refractivity (Wildman–Crippen MR) is 72.0 cm³/mol. The first-order chi connectivity index (χ1) is 8.56. The maximum absolute atomic E-state index is 11.4. The minimum atomic E-state index is -0.275. The minimum absolute atomic E-state index is 0.138. The Hall–Kier alpha value is -1.36. The van der Waals surface area contributed by atoms with Gasteiger partial charge in [-0.2, -0.15) is 5.10 Å². The van der Waals surface area contributed by atoms with Crippen molar-refractivity contribution in [2.45, 2.75) is 58.2 Å². The van der Waals surface area contributed by atoms with Crippen molar-refractivity contribution >= 4 is 5.91 Å². The summed E-state index contributed by atoms with van der Waals surface area (Å²) in [5.41, 5.74) is 5.42. The van der Waals surface area contributed by atoms with Gasteiger partial charge in [0.2, 0.25) is 5.91 Å². The predicted octanol–water partition coefficient (Wildman–Crippen LogP) is 1.47. The second-order valence-electron chi connectivity index (χ2n) is 4.78. The van der Waals surface area contributed by atoms with E-state index in [1.54, 1.807) is 6.20 Å². The van der Waals surface area contributed by atoms with Gasteiger partial charge in [-0.05, 0) is 26.3 Å². The molecule has 1 aromatic rings. The molecule has 0 aliphatic rings. The largest absolute Gasteiger partial charge is 0.368 e. The lowest BCUT2D eigenvalue weighted by Gasteiger charge is -2.26. The smallest absolute Gasteiger partial charge is 0.234 e. The van der Waals surface area contributed by atoms with E-state index in [0.29, 0.717) is 0 Å². The van der Waals surface area contributed by atoms with Gasteiger partial charge in [0.15, 0.2) is 0 Å². The highest BCUT2D eigenvalue weighted by Gasteiger charge is 2.21. The van der Waals surface area contributed by atoms with Gasteiger partial charge in [0.05, 0.1) is 12.1 Å². The van der Waals surface area contributed by atoms with E-state index in [-0.39, 0.29) is 24.0 Å². The third kappa shape index (κ3) is 4.14. The first-order valence-electron chi connectivity index (χ1n) is 6.60. The second-order valence-corrected chi connectivity index (χ2v) is 4.78. The molecule has 0 saturated heterocycles. The average Bonchev–Trinajstić information content (AvgIpc) is 2.86. The molecule has 0 aliphatic heterocycles. The summed E-state index contributed by atoms with van der Waals surface area (Å²) in [5.74, 6) is -0.275. The van der Waals surface area contributed by atoms with Gasteiger partial charge in [-0.3, -0.25) is 9.48 Å². The van der Waals surface area contributed by atoms with Gasteiger partial charge in [0, 0.05) is 18.4 Å². The third-order valence-corrected chi connectivity index (χ3v) is 3.32. The van der Waals surface area contributed by atoms with Crippen LogP contribution in [-0.4, -0.2) is 27.8 Å². The number of aromatic nitrogens is 2. The zero-order valence-corrected chi connectivity index (χ0v) is 11.5. The van der Waals surface area contributed by atoms with Crippen molar-refractivity contribution in [1.29, 1.82) is 0 Å². The van der Waals surface area contributed by atoms with Gasteiger partial charge in [0.1, 0.15) is 0 Å². The number of carbonyl (C=O) groups excluding carboxylic acids is 1. The molecule has 1 heterocycles. The highest BCUT2D eigenvalue weighted by Crippen LogP contribution is 2.11. The van der Waals surface area contributed by atoms with Crippen molar-refractivity contribution in [2.24, 2.45) is 5.73 Å². The molecule has 0 saturated carbocycles. The molecule has 18 heavy (non-hydrogen) atoms. The molecule has 102 valence electrons. The summed E-state index contributed by atoms with van der Waals surface area (Å²) in [7, 11) is 0. The number of hydrogen-bond acceptors (Lipinski definition) is 3. The third-order valence-electron chi connectivity index (χ3n) is 3.32. The fraction of sp³-hybridized carbons (Fsp3) is 0.692. The first kappa shape index (κ1) is 14.7. The summed E-state index contributed by atoms with van der Waals surface area (Å²) < 4.78 is 1.88. The van der Waals surface area contributed by atoms with Crippen molar-refractivity contribution in [3.05, 3.63) is 18.5 Å². The molecule has 0 spiro atoms. The second kappa shape index (κ2) is 7.16. The van der Waals surface area contributed by atoms with E-state index in [0.717, 1.165) is 19.3 Å². The van der Waals surface area contributed by atoms with Crippen molar-refractivity contribution in [1.82, 2.24) is 15.1 Å². The fourth-order valence-electron chi connectivity index (χ4n) is 1.92. The Morgan fingerprint density at radius 2 is 2.22 bits per heavy atom. The Labute approximate surface area is 109 Å². The van der Waals surface area contributed by atoms with E-state index in [1.807, 2.05) is 23.9 Å². The molecule has 0 radical (unpaired) electrons. The van der Waals surface area contributed by atoms with Gasteiger partial charge >= 0.3 is 0 Å². The van der Waals surface area contributed by atoms with Gasteiger partial charge in [-0.25, -0.2) is 0 Å². The lowest BCUT2D eigenvalue weighted by molar-refractivity contribution is -0.120. The minimum Gasteiger partial charge on any atom is -0.368 e. The molecule has 3 N–H and O–H groups in total. The number of nitrogens with zero attached hydrogens (tertiary/aromatic N) is 2. The number of nitrogens with one attached hydrogen (secondary N) is 1. The van der Waals surface area contributed by atoms with Gasteiger partial charge in [-0.15, -0.1) is 0 Å². The van der Waals surface area contributed by atoms with E-state index < -0.39 is 0 Å². The van der Waals surface area contributed by atoms with Crippen LogP contribution in [0.15, 0.2) is 18.5 Å². The maximum Gasteiger partial charge on any atom is 0.234 e. The van der Waals surface area contributed by atoms with E-state index in [9.17, 15) is 4.79 Å². The van der Waals surface area contributed by atoms with E-state index in [1.165, 1.54) is 0 Å². The number of hydrogen-bond donors (Lipinski definition) is 2. The van der Waals surface area contributed by atoms with Crippen molar-refractivity contribution in [3.63, 3.8) is 0 Å². The van der Waals surface area contributed by atoms with Crippen molar-refractivity contribution < 1.29 is 4.79 Å². The highest BCUT2D eigenvalue weighted by molar-refractivity contribution is 5.79. The lowest BCUT2D eigenvalue weighted by atomic mass is 10.1. The molecule has 1 amide bonds. The molecule has 5 heteroatoms. The molecule has 1 aromatic heterocycles. The van der Waals surface area contributed by atoms with Crippen LogP contribution in [0.5, 0.6) is 0 Å². The summed E-state index contributed by atoms with van der Waals surface area (Å²) >= 11 is 0. The Balaban J connectivity index is 2.55. The Bertz CT molecular complexity index is 350. The molecule has 3 unspecified atom stereocenters. The normalized spacial score (nSPS) is 16.2. The van der Waals surface area contributed by atoms with Crippen LogP contribution in [0.3, 0.4) is 0 Å². The molecule has 0 bridgehead atoms. The Kier molecular flexibility index (Phi) is 5.85. The van der Waals surface area contributed by atoms with Crippen LogP contribution in [0.4, 0.5) is 0 Å². The summed E-state index contributed by atoms with van der Waals surface area (Å²) in [6.45, 7) is 6.23. The number of primary amides is 1. The van der Waals surface area contributed by atoms with Crippen LogP contribution in [0.1, 0.15) is 46.1 Å². The molecule has 5 nitrogen and oxygen atoms in total. The summed E-state index contributed by atoms with van der Waals surface area (Å²) in [6.07, 6.45) is 6.54. The van der Waals surface area contributed by atoms with Crippen LogP contribution >= 0.6 is 0 Å². The molecule has 0 fully saturated rings. The topological polar surface area (TPSA) is 72.9 Å².